The van der Waals surface area contributed by atoms with E-state index >= 15 is 0 Å². The smallest absolute Gasteiger partial charge is 0.333 e. The van der Waals surface area contributed by atoms with E-state index in [1.165, 1.54) is 0 Å². The van der Waals surface area contributed by atoms with Gasteiger partial charge in [0.2, 0.25) is 0 Å². The van der Waals surface area contributed by atoms with E-state index in [1.807, 2.05) is 48.5 Å². The Hall–Kier alpha value is -2.68. The van der Waals surface area contributed by atoms with Crippen LogP contribution in [0.2, 0.25) is 0 Å². The molecule has 23 heavy (non-hydrogen) atoms. The highest BCUT2D eigenvalue weighted by molar-refractivity contribution is 6.01. The Morgan fingerprint density at radius 3 is 2.13 bits per heavy atom. The van der Waals surface area contributed by atoms with Crippen LogP contribution >= 0.6 is 0 Å². The van der Waals surface area contributed by atoms with Crippen LogP contribution in [0.1, 0.15) is 35.2 Å². The van der Waals surface area contributed by atoms with E-state index in [4.69, 9.17) is 4.74 Å². The number of carbonyl (C=O) groups excluding carboxylic acids is 2. The van der Waals surface area contributed by atoms with Crippen molar-refractivity contribution in [3.63, 3.8) is 0 Å². The fraction of sp³-hybridized carbons (Fsp3) is 0.200. The number of rotatable bonds is 7. The second-order valence-corrected chi connectivity index (χ2v) is 5.40. The van der Waals surface area contributed by atoms with Gasteiger partial charge in [0.15, 0.2) is 5.78 Å². The summed E-state index contributed by atoms with van der Waals surface area (Å²) in [5.41, 5.74) is 1.94. The maximum Gasteiger partial charge on any atom is 0.333 e. The predicted octanol–water partition coefficient (Wildman–Crippen LogP) is 4.16. The summed E-state index contributed by atoms with van der Waals surface area (Å²) in [7, 11) is 0. The third-order valence-electron chi connectivity index (χ3n) is 3.56. The van der Waals surface area contributed by atoms with Crippen molar-refractivity contribution in [2.45, 2.75) is 19.3 Å². The Balaban J connectivity index is 2.14. The van der Waals surface area contributed by atoms with Crippen LogP contribution in [0.4, 0.5) is 0 Å². The third kappa shape index (κ3) is 4.65. The highest BCUT2D eigenvalue weighted by Crippen LogP contribution is 2.24. The van der Waals surface area contributed by atoms with Crippen molar-refractivity contribution in [3.8, 4) is 0 Å². The Labute approximate surface area is 136 Å². The first-order valence-corrected chi connectivity index (χ1v) is 7.56. The normalized spacial score (nSPS) is 11.5. The van der Waals surface area contributed by atoms with Crippen molar-refractivity contribution >= 4 is 11.8 Å². The summed E-state index contributed by atoms with van der Waals surface area (Å²) in [5.74, 6) is -0.733. The summed E-state index contributed by atoms with van der Waals surface area (Å²) in [4.78, 5) is 24.3. The van der Waals surface area contributed by atoms with Crippen molar-refractivity contribution in [1.29, 1.82) is 0 Å². The summed E-state index contributed by atoms with van der Waals surface area (Å²) in [5, 5.41) is 0. The van der Waals surface area contributed by atoms with Crippen LogP contribution in [0.15, 0.2) is 72.8 Å². The third-order valence-corrected chi connectivity index (χ3v) is 3.56. The largest absolute Gasteiger partial charge is 0.462 e. The Kier molecular flexibility index (Phi) is 5.87. The maximum absolute atomic E-state index is 12.8. The zero-order valence-electron chi connectivity index (χ0n) is 13.2. The topological polar surface area (TPSA) is 43.4 Å². The lowest BCUT2D eigenvalue weighted by Crippen LogP contribution is -2.17. The van der Waals surface area contributed by atoms with Crippen molar-refractivity contribution in [1.82, 2.24) is 0 Å². The zero-order chi connectivity index (χ0) is 16.7. The van der Waals surface area contributed by atoms with Crippen molar-refractivity contribution in [3.05, 3.63) is 83.9 Å². The first-order chi connectivity index (χ1) is 11.1. The Morgan fingerprint density at radius 2 is 1.57 bits per heavy atom. The summed E-state index contributed by atoms with van der Waals surface area (Å²) < 4.78 is 5.15. The molecule has 0 aromatic heterocycles. The average Bonchev–Trinajstić information content (AvgIpc) is 2.59. The maximum atomic E-state index is 12.8. The molecule has 3 nitrogen and oxygen atoms in total. The standard InChI is InChI=1S/C20H20O3/c1-15(2)20(22)23-14-13-18(16-9-5-3-6-10-16)19(21)17-11-7-4-8-12-17/h3-12,18H,1,13-14H2,2H3. The van der Waals surface area contributed by atoms with Gasteiger partial charge in [0.25, 0.3) is 0 Å². The van der Waals surface area contributed by atoms with Crippen molar-refractivity contribution in [2.75, 3.05) is 6.61 Å². The quantitative estimate of drug-likeness (QED) is 0.438. The summed E-state index contributed by atoms with van der Waals surface area (Å²) in [6.07, 6.45) is 0.441. The first-order valence-electron chi connectivity index (χ1n) is 7.56. The summed E-state index contributed by atoms with van der Waals surface area (Å²) >= 11 is 0. The monoisotopic (exact) mass is 308 g/mol. The second kappa shape index (κ2) is 8.08. The van der Waals surface area contributed by atoms with Crippen LogP contribution in [0.5, 0.6) is 0 Å². The average molecular weight is 308 g/mol. The molecule has 0 heterocycles. The lowest BCUT2D eigenvalue weighted by Gasteiger charge is -2.16. The lowest BCUT2D eigenvalue weighted by molar-refractivity contribution is -0.139. The predicted molar refractivity (Wildman–Crippen MR) is 90.3 cm³/mol. The van der Waals surface area contributed by atoms with Gasteiger partial charge in [-0.15, -0.1) is 0 Å². The Bertz CT molecular complexity index is 675. The fourth-order valence-corrected chi connectivity index (χ4v) is 2.33. The van der Waals surface area contributed by atoms with E-state index in [0.29, 0.717) is 17.6 Å². The number of Topliss-reactive ketones (excluding diaryl/α,β-unsaturated/α-hetero) is 1. The second-order valence-electron chi connectivity index (χ2n) is 5.40. The SMILES string of the molecule is C=C(C)C(=O)OCCC(C(=O)c1ccccc1)c1ccccc1. The summed E-state index contributed by atoms with van der Waals surface area (Å²) in [6.45, 7) is 5.34. The van der Waals surface area contributed by atoms with Gasteiger partial charge in [-0.1, -0.05) is 67.2 Å². The number of hydrogen-bond donors (Lipinski definition) is 0. The molecular weight excluding hydrogens is 288 g/mol. The molecule has 0 saturated carbocycles. The van der Waals surface area contributed by atoms with Crippen LogP contribution in [-0.4, -0.2) is 18.4 Å². The minimum atomic E-state index is -0.427. The molecule has 0 aliphatic heterocycles. The van der Waals surface area contributed by atoms with E-state index in [2.05, 4.69) is 6.58 Å². The molecule has 0 aliphatic rings. The lowest BCUT2D eigenvalue weighted by atomic mass is 9.88. The molecule has 2 rings (SSSR count). The molecule has 0 amide bonds. The molecule has 118 valence electrons. The minimum absolute atomic E-state index is 0.0307. The molecule has 0 fully saturated rings. The Morgan fingerprint density at radius 1 is 1.00 bits per heavy atom. The molecular formula is C20H20O3. The van der Waals surface area contributed by atoms with Gasteiger partial charge in [0.05, 0.1) is 12.5 Å². The van der Waals surface area contributed by atoms with Crippen LogP contribution in [0, 0.1) is 0 Å². The molecule has 3 heteroatoms. The van der Waals surface area contributed by atoms with E-state index in [0.717, 1.165) is 5.56 Å². The van der Waals surface area contributed by atoms with Gasteiger partial charge in [-0.3, -0.25) is 4.79 Å². The van der Waals surface area contributed by atoms with Gasteiger partial charge < -0.3 is 4.74 Å². The van der Waals surface area contributed by atoms with E-state index < -0.39 is 5.97 Å². The van der Waals surface area contributed by atoms with Gasteiger partial charge in [0.1, 0.15) is 0 Å². The van der Waals surface area contributed by atoms with Crippen LogP contribution in [-0.2, 0) is 9.53 Å². The molecule has 2 aromatic rings. The molecule has 1 unspecified atom stereocenters. The van der Waals surface area contributed by atoms with Gasteiger partial charge in [0, 0.05) is 11.1 Å². The molecule has 2 aromatic carbocycles. The highest BCUT2D eigenvalue weighted by atomic mass is 16.5. The number of benzene rings is 2. The fourth-order valence-electron chi connectivity index (χ4n) is 2.33. The first kappa shape index (κ1) is 16.7. The van der Waals surface area contributed by atoms with E-state index in [9.17, 15) is 9.59 Å². The highest BCUT2D eigenvalue weighted by Gasteiger charge is 2.22. The molecule has 0 bridgehead atoms. The van der Waals surface area contributed by atoms with Gasteiger partial charge in [-0.2, -0.15) is 0 Å². The van der Waals surface area contributed by atoms with E-state index in [-0.39, 0.29) is 18.3 Å². The summed E-state index contributed by atoms with van der Waals surface area (Å²) in [6, 6.07) is 18.7. The number of ether oxygens (including phenoxy) is 1. The van der Waals surface area contributed by atoms with E-state index in [1.54, 1.807) is 19.1 Å². The molecule has 0 saturated heterocycles. The molecule has 0 aliphatic carbocycles. The van der Waals surface area contributed by atoms with Crippen molar-refractivity contribution < 1.29 is 14.3 Å². The van der Waals surface area contributed by atoms with Crippen molar-refractivity contribution in [2.24, 2.45) is 0 Å². The number of carbonyl (C=O) groups is 2. The number of hydrogen-bond acceptors (Lipinski definition) is 3. The van der Waals surface area contributed by atoms with Crippen LogP contribution in [0.3, 0.4) is 0 Å². The zero-order valence-corrected chi connectivity index (χ0v) is 13.2. The minimum Gasteiger partial charge on any atom is -0.462 e. The number of esters is 1. The van der Waals surface area contributed by atoms with Crippen LogP contribution < -0.4 is 0 Å². The van der Waals surface area contributed by atoms with Gasteiger partial charge >= 0.3 is 5.97 Å². The van der Waals surface area contributed by atoms with Gasteiger partial charge in [-0.25, -0.2) is 4.79 Å². The molecule has 0 N–H and O–H groups in total. The molecule has 0 radical (unpaired) electrons. The van der Waals surface area contributed by atoms with Crippen LogP contribution in [0.25, 0.3) is 0 Å². The molecule has 1 atom stereocenters. The van der Waals surface area contributed by atoms with Gasteiger partial charge in [-0.05, 0) is 18.9 Å². The molecule has 0 spiro atoms. The number of ketones is 1.